The molecule has 0 aliphatic heterocycles. The summed E-state index contributed by atoms with van der Waals surface area (Å²) in [6.45, 7) is 2.34. The minimum Gasteiger partial charge on any atom is -0.494 e. The zero-order chi connectivity index (χ0) is 15.4. The van der Waals surface area contributed by atoms with Crippen LogP contribution in [-0.2, 0) is 0 Å². The van der Waals surface area contributed by atoms with Gasteiger partial charge in [0.25, 0.3) is 0 Å². The monoisotopic (exact) mass is 291 g/mol. The van der Waals surface area contributed by atoms with Gasteiger partial charge >= 0.3 is 5.97 Å². The Hall–Kier alpha value is -2.76. The van der Waals surface area contributed by atoms with E-state index in [0.29, 0.717) is 18.1 Å². The molecule has 6 heteroatoms. The fraction of sp³-hybridized carbons (Fsp3) is 0.133. The van der Waals surface area contributed by atoms with Gasteiger partial charge in [-0.15, -0.1) is 0 Å². The summed E-state index contributed by atoms with van der Waals surface area (Å²) in [5.74, 6) is -1.24. The lowest BCUT2D eigenvalue weighted by molar-refractivity contribution is 0.0695. The number of ether oxygens (including phenoxy) is 2. The molecule has 0 aliphatic carbocycles. The molecule has 5 nitrogen and oxygen atoms in total. The Balaban J connectivity index is 2.37. The highest BCUT2D eigenvalue weighted by atomic mass is 19.1. The topological polar surface area (TPSA) is 81.8 Å². The molecule has 0 amide bonds. The molecule has 110 valence electrons. The minimum atomic E-state index is -1.36. The van der Waals surface area contributed by atoms with E-state index in [1.165, 1.54) is 6.07 Å². The molecule has 2 aromatic carbocycles. The standard InChI is InChI=1S/C15H14FNO4/c1-2-20-9-4-3-5-10(8-9)21-12-7-6-11(16)14(17)13(12)15(18)19/h3-8H,2,17H2,1H3,(H,18,19). The summed E-state index contributed by atoms with van der Waals surface area (Å²) in [5.41, 5.74) is 4.59. The number of nitrogen functional groups attached to an aromatic ring is 1. The summed E-state index contributed by atoms with van der Waals surface area (Å²) in [4.78, 5) is 11.2. The Morgan fingerprint density at radius 1 is 1.29 bits per heavy atom. The van der Waals surface area contributed by atoms with E-state index in [-0.39, 0.29) is 5.75 Å². The summed E-state index contributed by atoms with van der Waals surface area (Å²) in [6.07, 6.45) is 0. The number of carbonyl (C=O) groups is 1. The molecular formula is C15H14FNO4. The summed E-state index contributed by atoms with van der Waals surface area (Å²) in [7, 11) is 0. The van der Waals surface area contributed by atoms with E-state index in [9.17, 15) is 9.18 Å². The van der Waals surface area contributed by atoms with Crippen LogP contribution in [0.3, 0.4) is 0 Å². The molecule has 0 heterocycles. The number of carboxylic acids is 1. The van der Waals surface area contributed by atoms with Crippen LogP contribution < -0.4 is 15.2 Å². The van der Waals surface area contributed by atoms with E-state index in [2.05, 4.69) is 0 Å². The van der Waals surface area contributed by atoms with Gasteiger partial charge in [0.2, 0.25) is 0 Å². The van der Waals surface area contributed by atoms with Gasteiger partial charge in [-0.25, -0.2) is 9.18 Å². The highest BCUT2D eigenvalue weighted by molar-refractivity contribution is 5.97. The van der Waals surface area contributed by atoms with Crippen molar-refractivity contribution in [2.75, 3.05) is 12.3 Å². The first kappa shape index (κ1) is 14.6. The quantitative estimate of drug-likeness (QED) is 0.826. The summed E-state index contributed by atoms with van der Waals surface area (Å²) >= 11 is 0. The Morgan fingerprint density at radius 3 is 2.67 bits per heavy atom. The van der Waals surface area contributed by atoms with Gasteiger partial charge in [-0.05, 0) is 31.2 Å². The second-order valence-electron chi connectivity index (χ2n) is 4.15. The van der Waals surface area contributed by atoms with E-state index in [0.717, 1.165) is 6.07 Å². The molecule has 0 atom stereocenters. The largest absolute Gasteiger partial charge is 0.494 e. The van der Waals surface area contributed by atoms with Crippen LogP contribution >= 0.6 is 0 Å². The highest BCUT2D eigenvalue weighted by Crippen LogP contribution is 2.32. The van der Waals surface area contributed by atoms with Crippen molar-refractivity contribution in [2.24, 2.45) is 0 Å². The summed E-state index contributed by atoms with van der Waals surface area (Å²) in [6, 6.07) is 8.97. The third kappa shape index (κ3) is 3.22. The average Bonchev–Trinajstić information content (AvgIpc) is 2.43. The van der Waals surface area contributed by atoms with E-state index in [1.54, 1.807) is 24.3 Å². The van der Waals surface area contributed by atoms with Gasteiger partial charge in [-0.2, -0.15) is 0 Å². The van der Waals surface area contributed by atoms with E-state index >= 15 is 0 Å². The van der Waals surface area contributed by atoms with Crippen LogP contribution in [0.4, 0.5) is 10.1 Å². The molecule has 0 spiro atoms. The highest BCUT2D eigenvalue weighted by Gasteiger charge is 2.19. The molecule has 2 aromatic rings. The zero-order valence-corrected chi connectivity index (χ0v) is 11.3. The Bertz CT molecular complexity index is 673. The van der Waals surface area contributed by atoms with Crippen molar-refractivity contribution in [1.29, 1.82) is 0 Å². The molecule has 0 aromatic heterocycles. The molecule has 3 N–H and O–H groups in total. The maximum atomic E-state index is 13.4. The van der Waals surface area contributed by atoms with E-state index in [1.807, 2.05) is 6.92 Å². The Morgan fingerprint density at radius 2 is 2.00 bits per heavy atom. The van der Waals surface area contributed by atoms with Gasteiger partial charge in [0.1, 0.15) is 28.6 Å². The van der Waals surface area contributed by atoms with Crippen molar-refractivity contribution in [3.8, 4) is 17.2 Å². The van der Waals surface area contributed by atoms with Crippen LogP contribution in [0.15, 0.2) is 36.4 Å². The van der Waals surface area contributed by atoms with Crippen molar-refractivity contribution in [1.82, 2.24) is 0 Å². The number of anilines is 1. The summed E-state index contributed by atoms with van der Waals surface area (Å²) < 4.78 is 24.2. The van der Waals surface area contributed by atoms with E-state index < -0.39 is 23.0 Å². The normalized spacial score (nSPS) is 10.2. The van der Waals surface area contributed by atoms with Crippen molar-refractivity contribution in [3.63, 3.8) is 0 Å². The first-order valence-electron chi connectivity index (χ1n) is 6.25. The number of hydrogen-bond donors (Lipinski definition) is 2. The SMILES string of the molecule is CCOc1cccc(Oc2ccc(F)c(N)c2C(=O)O)c1. The number of benzene rings is 2. The minimum absolute atomic E-state index is 0.0324. The third-order valence-corrected chi connectivity index (χ3v) is 2.71. The number of aromatic carboxylic acids is 1. The number of carboxylic acid groups (broad SMARTS) is 1. The lowest BCUT2D eigenvalue weighted by Crippen LogP contribution is -2.07. The molecule has 2 rings (SSSR count). The maximum absolute atomic E-state index is 13.4. The van der Waals surface area contributed by atoms with Gasteiger partial charge in [-0.1, -0.05) is 6.07 Å². The fourth-order valence-electron chi connectivity index (χ4n) is 1.80. The van der Waals surface area contributed by atoms with Crippen molar-refractivity contribution in [3.05, 3.63) is 47.8 Å². The van der Waals surface area contributed by atoms with Crippen LogP contribution in [0.5, 0.6) is 17.2 Å². The van der Waals surface area contributed by atoms with Gasteiger partial charge in [0.15, 0.2) is 0 Å². The molecule has 0 unspecified atom stereocenters. The second kappa shape index (κ2) is 6.13. The molecule has 21 heavy (non-hydrogen) atoms. The van der Waals surface area contributed by atoms with Crippen LogP contribution in [0.2, 0.25) is 0 Å². The second-order valence-corrected chi connectivity index (χ2v) is 4.15. The molecule has 0 saturated carbocycles. The van der Waals surface area contributed by atoms with Crippen molar-refractivity contribution in [2.45, 2.75) is 6.92 Å². The Labute approximate surface area is 120 Å². The van der Waals surface area contributed by atoms with Crippen LogP contribution in [-0.4, -0.2) is 17.7 Å². The molecular weight excluding hydrogens is 277 g/mol. The smallest absolute Gasteiger partial charge is 0.341 e. The first-order valence-corrected chi connectivity index (χ1v) is 6.25. The average molecular weight is 291 g/mol. The molecule has 0 aliphatic rings. The first-order chi connectivity index (χ1) is 10.0. The van der Waals surface area contributed by atoms with Gasteiger partial charge in [0.05, 0.1) is 12.3 Å². The molecule has 0 fully saturated rings. The molecule has 0 radical (unpaired) electrons. The lowest BCUT2D eigenvalue weighted by Gasteiger charge is -2.12. The zero-order valence-electron chi connectivity index (χ0n) is 11.3. The number of rotatable bonds is 5. The lowest BCUT2D eigenvalue weighted by atomic mass is 10.1. The van der Waals surface area contributed by atoms with Crippen LogP contribution in [0.1, 0.15) is 17.3 Å². The van der Waals surface area contributed by atoms with Gasteiger partial charge < -0.3 is 20.3 Å². The van der Waals surface area contributed by atoms with Crippen LogP contribution in [0, 0.1) is 5.82 Å². The third-order valence-electron chi connectivity index (χ3n) is 2.71. The molecule has 0 saturated heterocycles. The van der Waals surface area contributed by atoms with Crippen molar-refractivity contribution >= 4 is 11.7 Å². The predicted molar refractivity (Wildman–Crippen MR) is 75.5 cm³/mol. The predicted octanol–water partition coefficient (Wildman–Crippen LogP) is 3.30. The Kier molecular flexibility index (Phi) is 4.27. The van der Waals surface area contributed by atoms with Gasteiger partial charge in [-0.3, -0.25) is 0 Å². The maximum Gasteiger partial charge on any atom is 0.341 e. The van der Waals surface area contributed by atoms with Crippen LogP contribution in [0.25, 0.3) is 0 Å². The van der Waals surface area contributed by atoms with E-state index in [4.69, 9.17) is 20.3 Å². The molecule has 0 bridgehead atoms. The van der Waals surface area contributed by atoms with Gasteiger partial charge in [0, 0.05) is 6.07 Å². The fourth-order valence-corrected chi connectivity index (χ4v) is 1.80. The van der Waals surface area contributed by atoms with Crippen molar-refractivity contribution < 1.29 is 23.8 Å². The number of halogens is 1. The number of nitrogens with two attached hydrogens (primary N) is 1. The number of hydrogen-bond acceptors (Lipinski definition) is 4. The summed E-state index contributed by atoms with van der Waals surface area (Å²) in [5, 5.41) is 9.14.